The fourth-order valence-corrected chi connectivity index (χ4v) is 6.70. The maximum Gasteiger partial charge on any atom is 0.408 e. The van der Waals surface area contributed by atoms with Crippen LogP contribution in [-0.2, 0) is 33.6 Å². The Morgan fingerprint density at radius 1 is 1.10 bits per heavy atom. The molecule has 3 aliphatic carbocycles. The lowest BCUT2D eigenvalue weighted by molar-refractivity contribution is -0.143. The van der Waals surface area contributed by atoms with Crippen LogP contribution in [0.25, 0.3) is 0 Å². The van der Waals surface area contributed by atoms with Crippen molar-refractivity contribution >= 4 is 34.1 Å². The molecule has 14 heteroatoms. The van der Waals surface area contributed by atoms with Gasteiger partial charge in [0.1, 0.15) is 23.7 Å². The van der Waals surface area contributed by atoms with Crippen molar-refractivity contribution in [3.8, 4) is 0 Å². The molecule has 230 valence electrons. The van der Waals surface area contributed by atoms with Crippen LogP contribution >= 0.6 is 0 Å². The number of nitrogens with zero attached hydrogens (tertiary/aromatic N) is 1. The summed E-state index contributed by atoms with van der Waals surface area (Å²) in [6, 6.07) is -2.22. The first-order valence-electron chi connectivity index (χ1n) is 14.3. The summed E-state index contributed by atoms with van der Waals surface area (Å²) in [5.74, 6) is -2.25. The molecule has 4 atom stereocenters. The number of alkyl carbamates (subject to hydrolysis) is 1. The van der Waals surface area contributed by atoms with Gasteiger partial charge in [-0.15, -0.1) is 0 Å². The van der Waals surface area contributed by atoms with Crippen molar-refractivity contribution in [3.05, 3.63) is 12.2 Å². The van der Waals surface area contributed by atoms with Gasteiger partial charge in [0, 0.05) is 19.4 Å². The van der Waals surface area contributed by atoms with E-state index >= 15 is 0 Å². The summed E-state index contributed by atoms with van der Waals surface area (Å²) in [5, 5.41) is 15.8. The molecular weight excluding hydrogens is 556 g/mol. The predicted molar refractivity (Wildman–Crippen MR) is 146 cm³/mol. The number of amides is 4. The molecule has 2 unspecified atom stereocenters. The molecule has 4 rings (SSSR count). The number of rotatable bonds is 9. The molecule has 4 aliphatic rings. The van der Waals surface area contributed by atoms with Crippen LogP contribution in [0.4, 0.5) is 4.79 Å². The Kier molecular flexibility index (Phi) is 9.05. The SMILES string of the molecule is C=C1CCC(NC(=O)C2C[C@@H](O)CN2C(=O)[C@@H](NC(=O)OC2CCCC2)C(C)(C)C)(C(=O)NS(=O)(=O)OC2CC2)C1. The predicted octanol–water partition coefficient (Wildman–Crippen LogP) is 1.17. The molecule has 0 spiro atoms. The van der Waals surface area contributed by atoms with Gasteiger partial charge in [-0.25, -0.2) is 9.52 Å². The van der Waals surface area contributed by atoms with Gasteiger partial charge in [0.25, 0.3) is 5.91 Å². The number of likely N-dealkylation sites (tertiary alicyclic amines) is 1. The first kappa shape index (κ1) is 31.2. The highest BCUT2D eigenvalue weighted by atomic mass is 32.2. The van der Waals surface area contributed by atoms with Crippen LogP contribution in [0.15, 0.2) is 12.2 Å². The van der Waals surface area contributed by atoms with Gasteiger partial charge in [-0.1, -0.05) is 32.9 Å². The van der Waals surface area contributed by atoms with E-state index in [4.69, 9.17) is 8.92 Å². The Balaban J connectivity index is 1.49. The topological polar surface area (TPSA) is 180 Å². The van der Waals surface area contributed by atoms with E-state index in [0.717, 1.165) is 25.7 Å². The number of carbonyl (C=O) groups is 4. The maximum atomic E-state index is 13.8. The molecule has 4 fully saturated rings. The monoisotopic (exact) mass is 598 g/mol. The average molecular weight is 599 g/mol. The van der Waals surface area contributed by atoms with Crippen molar-refractivity contribution in [2.24, 2.45) is 5.41 Å². The minimum atomic E-state index is -4.38. The Labute approximate surface area is 241 Å². The Bertz CT molecular complexity index is 1170. The summed E-state index contributed by atoms with van der Waals surface area (Å²) >= 11 is 0. The molecule has 1 saturated heterocycles. The fraction of sp³-hybridized carbons (Fsp3) is 0.778. The molecular formula is C27H42N4O9S. The number of ether oxygens (including phenoxy) is 1. The minimum Gasteiger partial charge on any atom is -0.446 e. The van der Waals surface area contributed by atoms with Gasteiger partial charge in [0.05, 0.1) is 12.2 Å². The van der Waals surface area contributed by atoms with Crippen LogP contribution in [0.5, 0.6) is 0 Å². The van der Waals surface area contributed by atoms with Crippen molar-refractivity contribution in [1.29, 1.82) is 0 Å². The van der Waals surface area contributed by atoms with E-state index in [1.54, 1.807) is 20.8 Å². The first-order valence-corrected chi connectivity index (χ1v) is 15.7. The molecule has 4 N–H and O–H groups in total. The number of hydrogen-bond acceptors (Lipinski definition) is 9. The summed E-state index contributed by atoms with van der Waals surface area (Å²) in [4.78, 5) is 54.6. The molecule has 4 amide bonds. The van der Waals surface area contributed by atoms with Gasteiger partial charge in [-0.05, 0) is 56.8 Å². The van der Waals surface area contributed by atoms with E-state index in [9.17, 15) is 32.7 Å². The molecule has 0 aromatic heterocycles. The number of carbonyl (C=O) groups excluding carboxylic acids is 4. The van der Waals surface area contributed by atoms with E-state index < -0.39 is 69.4 Å². The number of aliphatic hydroxyl groups excluding tert-OH is 1. The smallest absolute Gasteiger partial charge is 0.408 e. The Hall–Kier alpha value is -2.71. The second kappa shape index (κ2) is 11.9. The van der Waals surface area contributed by atoms with Crippen LogP contribution in [0.3, 0.4) is 0 Å². The van der Waals surface area contributed by atoms with Crippen LogP contribution in [-0.4, -0.2) is 84.7 Å². The number of β-amino-alcohol motifs (C(OH)–C–C–N with tert-alkyl or cyclic N) is 1. The Morgan fingerprint density at radius 2 is 1.76 bits per heavy atom. The van der Waals surface area contributed by atoms with E-state index in [-0.39, 0.29) is 31.9 Å². The van der Waals surface area contributed by atoms with Crippen molar-refractivity contribution in [3.63, 3.8) is 0 Å². The minimum absolute atomic E-state index is 0.00587. The fourth-order valence-electron chi connectivity index (χ4n) is 5.68. The van der Waals surface area contributed by atoms with Crippen molar-refractivity contribution in [2.75, 3.05) is 6.54 Å². The molecule has 0 bridgehead atoms. The summed E-state index contributed by atoms with van der Waals surface area (Å²) in [6.07, 6.45) is 2.58. The summed E-state index contributed by atoms with van der Waals surface area (Å²) in [5.41, 5.74) is -1.73. The second-order valence-electron chi connectivity index (χ2n) is 12.8. The lowest BCUT2D eigenvalue weighted by Gasteiger charge is -2.36. The van der Waals surface area contributed by atoms with E-state index in [1.807, 2.05) is 4.72 Å². The highest BCUT2D eigenvalue weighted by Gasteiger charge is 2.50. The highest BCUT2D eigenvalue weighted by Crippen LogP contribution is 2.35. The van der Waals surface area contributed by atoms with Crippen molar-refractivity contribution in [2.45, 2.75) is 121 Å². The summed E-state index contributed by atoms with van der Waals surface area (Å²) < 4.78 is 37.0. The Morgan fingerprint density at radius 3 is 2.32 bits per heavy atom. The molecule has 3 saturated carbocycles. The lowest BCUT2D eigenvalue weighted by Crippen LogP contribution is -2.63. The maximum absolute atomic E-state index is 13.8. The van der Waals surface area contributed by atoms with Crippen molar-refractivity contribution in [1.82, 2.24) is 20.3 Å². The van der Waals surface area contributed by atoms with Gasteiger partial charge in [-0.3, -0.25) is 18.6 Å². The number of hydrogen-bond donors (Lipinski definition) is 4. The molecule has 0 radical (unpaired) electrons. The zero-order valence-electron chi connectivity index (χ0n) is 23.9. The van der Waals surface area contributed by atoms with Gasteiger partial charge in [-0.2, -0.15) is 8.42 Å². The van der Waals surface area contributed by atoms with Gasteiger partial charge < -0.3 is 25.4 Å². The van der Waals surface area contributed by atoms with E-state index in [1.165, 1.54) is 4.90 Å². The average Bonchev–Trinajstić information content (AvgIpc) is 3.20. The third kappa shape index (κ3) is 7.77. The van der Waals surface area contributed by atoms with Crippen molar-refractivity contribution < 1.29 is 41.6 Å². The molecule has 41 heavy (non-hydrogen) atoms. The largest absolute Gasteiger partial charge is 0.446 e. The molecule has 0 aromatic carbocycles. The van der Waals surface area contributed by atoms with Crippen LogP contribution in [0, 0.1) is 5.41 Å². The number of nitrogens with one attached hydrogen (secondary N) is 3. The van der Waals surface area contributed by atoms with Gasteiger partial charge in [0.15, 0.2) is 0 Å². The van der Waals surface area contributed by atoms with Gasteiger partial charge >= 0.3 is 16.4 Å². The standard InChI is InChI=1S/C27H42N4O9S/c1-16-11-12-27(14-16,24(35)30-41(37,38)40-19-9-10-19)29-22(33)20-13-17(32)15-31(20)23(34)21(26(2,3)4)28-25(36)39-18-7-5-6-8-18/h17-21,32H,1,5-15H2,2-4H3,(H,28,36)(H,29,33)(H,30,35)/t17-,20?,21-,27?/m1/s1. The van der Waals surface area contributed by atoms with Crippen LogP contribution in [0.1, 0.15) is 85.0 Å². The molecule has 1 heterocycles. The normalized spacial score (nSPS) is 27.9. The quantitative estimate of drug-likeness (QED) is 0.283. The van der Waals surface area contributed by atoms with E-state index in [2.05, 4.69) is 17.2 Å². The van der Waals surface area contributed by atoms with Crippen LogP contribution < -0.4 is 15.4 Å². The molecule has 0 aromatic rings. The number of aliphatic hydroxyl groups is 1. The summed E-state index contributed by atoms with van der Waals surface area (Å²) in [6.45, 7) is 9.03. The first-order chi connectivity index (χ1) is 19.1. The highest BCUT2D eigenvalue weighted by molar-refractivity contribution is 7.85. The molecule has 1 aliphatic heterocycles. The molecule has 13 nitrogen and oxygen atoms in total. The van der Waals surface area contributed by atoms with E-state index in [0.29, 0.717) is 24.8 Å². The third-order valence-corrected chi connectivity index (χ3v) is 9.04. The third-order valence-electron chi connectivity index (χ3n) is 8.07. The zero-order chi connectivity index (χ0) is 30.2. The second-order valence-corrected chi connectivity index (χ2v) is 14.1. The van der Waals surface area contributed by atoms with Gasteiger partial charge in [0.2, 0.25) is 11.8 Å². The van der Waals surface area contributed by atoms with Crippen LogP contribution in [0.2, 0.25) is 0 Å². The lowest BCUT2D eigenvalue weighted by atomic mass is 9.85. The zero-order valence-corrected chi connectivity index (χ0v) is 24.8. The summed E-state index contributed by atoms with van der Waals surface area (Å²) in [7, 11) is -4.38.